The predicted molar refractivity (Wildman–Crippen MR) is 246 cm³/mol. The van der Waals surface area contributed by atoms with E-state index in [2.05, 4.69) is 131 Å². The van der Waals surface area contributed by atoms with Gasteiger partial charge in [0.25, 0.3) is 0 Å². The lowest BCUT2D eigenvalue weighted by Gasteiger charge is -2.24. The first-order chi connectivity index (χ1) is 28.6. The molecule has 278 valence electrons. The molecule has 2 aliphatic rings. The molecular weight excluding hydrogens is 789 g/mol. The number of nitrogens with zero attached hydrogens (tertiary/aromatic N) is 2. The van der Waals surface area contributed by atoms with Gasteiger partial charge in [-0.15, -0.1) is 22.7 Å². The number of ketones is 2. The Hall–Kier alpha value is -6.16. The van der Waals surface area contributed by atoms with Crippen LogP contribution in [-0.2, 0) is 0 Å². The smallest absolute Gasteiger partial charge is 0.200 e. The standard InChI is InChI=1S/C50H32N2O2S4/c53-49-39-15-7-9-17-41(39)55-45(49)31-33-19-23-37(24-20-33)51(35-11-3-1-4-12-35)47-29-27-43(57-47)44-28-30-48(58-44)52(36-13-5-2-6-14-36)38-25-21-34(22-26-38)32-46-50(54)40-16-8-10-18-42(40)56-46/h1-32H/b45-31-,46-32-. The summed E-state index contributed by atoms with van der Waals surface area (Å²) in [6.45, 7) is 0. The number of anilines is 6. The second-order valence-electron chi connectivity index (χ2n) is 13.7. The van der Waals surface area contributed by atoms with Crippen molar-refractivity contribution in [1.29, 1.82) is 0 Å². The minimum atomic E-state index is 0.0838. The van der Waals surface area contributed by atoms with Gasteiger partial charge >= 0.3 is 0 Å². The molecule has 10 rings (SSSR count). The molecule has 0 unspecified atom stereocenters. The number of Topliss-reactive ketones (excluding diaryl/α,β-unsaturated/α-hetero) is 2. The lowest BCUT2D eigenvalue weighted by molar-refractivity contribution is 0.103. The summed E-state index contributed by atoms with van der Waals surface area (Å²) in [5.41, 5.74) is 7.74. The first-order valence-corrected chi connectivity index (χ1v) is 22.0. The maximum absolute atomic E-state index is 13.0. The van der Waals surface area contributed by atoms with Gasteiger partial charge in [-0.05, 0) is 120 Å². The largest absolute Gasteiger partial charge is 0.302 e. The highest BCUT2D eigenvalue weighted by Crippen LogP contribution is 2.47. The van der Waals surface area contributed by atoms with Crippen LogP contribution in [0.15, 0.2) is 202 Å². The Labute approximate surface area is 353 Å². The van der Waals surface area contributed by atoms with Crippen LogP contribution >= 0.6 is 46.2 Å². The normalized spacial score (nSPS) is 14.6. The maximum Gasteiger partial charge on any atom is 0.200 e. The molecule has 58 heavy (non-hydrogen) atoms. The number of benzene rings is 6. The number of carbonyl (C=O) groups is 2. The lowest BCUT2D eigenvalue weighted by atomic mass is 10.1. The Morgan fingerprint density at radius 3 is 1.12 bits per heavy atom. The van der Waals surface area contributed by atoms with Crippen LogP contribution in [0.2, 0.25) is 0 Å². The lowest BCUT2D eigenvalue weighted by Crippen LogP contribution is -2.08. The average Bonchev–Trinajstić information content (AvgIpc) is 4.08. The first-order valence-electron chi connectivity index (χ1n) is 18.7. The van der Waals surface area contributed by atoms with E-state index in [4.69, 9.17) is 0 Å². The fourth-order valence-electron chi connectivity index (χ4n) is 7.14. The summed E-state index contributed by atoms with van der Waals surface area (Å²) in [5, 5.41) is 2.21. The minimum Gasteiger partial charge on any atom is -0.302 e. The minimum absolute atomic E-state index is 0.0838. The Balaban J connectivity index is 0.927. The van der Waals surface area contributed by atoms with Crippen molar-refractivity contribution in [2.24, 2.45) is 0 Å². The average molecular weight is 821 g/mol. The molecule has 2 aromatic heterocycles. The SMILES string of the molecule is O=C1/C(=C/c2ccc(N(c3ccccc3)c3ccc(-c4ccc(N(c5ccccc5)c5ccc(/C=C6\Sc7ccccc7C6=O)cc5)s4)s3)cc2)Sc2ccccc21. The summed E-state index contributed by atoms with van der Waals surface area (Å²) in [5.74, 6) is 0.168. The van der Waals surface area contributed by atoms with Crippen molar-refractivity contribution < 1.29 is 9.59 Å². The van der Waals surface area contributed by atoms with Gasteiger partial charge < -0.3 is 9.80 Å². The zero-order valence-corrected chi connectivity index (χ0v) is 34.1. The number of para-hydroxylation sites is 2. The molecule has 0 N–H and O–H groups in total. The highest BCUT2D eigenvalue weighted by Gasteiger charge is 2.26. The van der Waals surface area contributed by atoms with Crippen molar-refractivity contribution in [1.82, 2.24) is 0 Å². The number of hydrogen-bond acceptors (Lipinski definition) is 8. The third-order valence-electron chi connectivity index (χ3n) is 9.94. The molecule has 0 bridgehead atoms. The van der Waals surface area contributed by atoms with E-state index in [-0.39, 0.29) is 11.6 Å². The van der Waals surface area contributed by atoms with Gasteiger partial charge in [-0.1, -0.05) is 108 Å². The van der Waals surface area contributed by atoms with E-state index in [1.165, 1.54) is 33.3 Å². The van der Waals surface area contributed by atoms with E-state index >= 15 is 0 Å². The van der Waals surface area contributed by atoms with Crippen LogP contribution in [0.4, 0.5) is 32.8 Å². The fraction of sp³-hybridized carbons (Fsp3) is 0. The molecule has 4 nitrogen and oxygen atoms in total. The van der Waals surface area contributed by atoms with Gasteiger partial charge in [-0.2, -0.15) is 0 Å². The zero-order chi connectivity index (χ0) is 39.0. The van der Waals surface area contributed by atoms with Crippen LogP contribution in [0.25, 0.3) is 21.9 Å². The van der Waals surface area contributed by atoms with Crippen LogP contribution < -0.4 is 9.80 Å². The molecule has 8 heteroatoms. The summed E-state index contributed by atoms with van der Waals surface area (Å²) < 4.78 is 0. The first kappa shape index (κ1) is 36.2. The number of thioether (sulfide) groups is 2. The summed E-state index contributed by atoms with van der Waals surface area (Å²) in [6, 6.07) is 62.1. The molecule has 0 atom stereocenters. The van der Waals surface area contributed by atoms with Crippen molar-refractivity contribution in [3.63, 3.8) is 0 Å². The molecule has 4 heterocycles. The number of hydrogen-bond donors (Lipinski definition) is 0. The van der Waals surface area contributed by atoms with Crippen molar-refractivity contribution >= 4 is 103 Å². The molecule has 8 aromatic rings. The molecule has 0 radical (unpaired) electrons. The third-order valence-corrected chi connectivity index (χ3v) is 14.5. The molecule has 0 saturated carbocycles. The summed E-state index contributed by atoms with van der Waals surface area (Å²) in [6.07, 6.45) is 3.98. The molecule has 0 saturated heterocycles. The molecule has 0 fully saturated rings. The summed E-state index contributed by atoms with van der Waals surface area (Å²) in [7, 11) is 0. The number of fused-ring (bicyclic) bond motifs is 2. The number of carbonyl (C=O) groups excluding carboxylic acids is 2. The molecule has 0 amide bonds. The Morgan fingerprint density at radius 1 is 0.362 bits per heavy atom. The van der Waals surface area contributed by atoms with Crippen LogP contribution in [-0.4, -0.2) is 11.6 Å². The number of rotatable bonds is 9. The van der Waals surface area contributed by atoms with E-state index in [0.717, 1.165) is 74.6 Å². The summed E-state index contributed by atoms with van der Waals surface area (Å²) >= 11 is 6.59. The molecule has 0 spiro atoms. The van der Waals surface area contributed by atoms with E-state index in [1.807, 2.05) is 72.8 Å². The zero-order valence-electron chi connectivity index (χ0n) is 30.8. The van der Waals surface area contributed by atoms with Crippen LogP contribution in [0, 0.1) is 0 Å². The molecule has 0 aliphatic carbocycles. The topological polar surface area (TPSA) is 40.6 Å². The maximum atomic E-state index is 13.0. The fourth-order valence-corrected chi connectivity index (χ4v) is 11.4. The third kappa shape index (κ3) is 7.05. The van der Waals surface area contributed by atoms with Gasteiger partial charge in [-0.25, -0.2) is 0 Å². The highest BCUT2D eigenvalue weighted by atomic mass is 32.2. The number of allylic oxidation sites excluding steroid dienone is 2. The monoisotopic (exact) mass is 820 g/mol. The van der Waals surface area contributed by atoms with Crippen molar-refractivity contribution in [3.8, 4) is 9.75 Å². The van der Waals surface area contributed by atoms with Crippen LogP contribution in [0.5, 0.6) is 0 Å². The number of thiophene rings is 2. The van der Waals surface area contributed by atoms with Crippen molar-refractivity contribution in [3.05, 3.63) is 214 Å². The van der Waals surface area contributed by atoms with Crippen LogP contribution in [0.1, 0.15) is 31.8 Å². The Morgan fingerprint density at radius 2 is 0.724 bits per heavy atom. The Bertz CT molecular complexity index is 2680. The van der Waals surface area contributed by atoms with Gasteiger partial charge in [0.1, 0.15) is 10.0 Å². The van der Waals surface area contributed by atoms with Crippen molar-refractivity contribution in [2.75, 3.05) is 9.80 Å². The quantitative estimate of drug-likeness (QED) is 0.135. The van der Waals surface area contributed by atoms with Gasteiger partial charge in [0, 0.05) is 53.4 Å². The van der Waals surface area contributed by atoms with Gasteiger partial charge in [0.15, 0.2) is 0 Å². The molecule has 2 aliphatic heterocycles. The molecule has 6 aromatic carbocycles. The second kappa shape index (κ2) is 15.6. The van der Waals surface area contributed by atoms with E-state index < -0.39 is 0 Å². The van der Waals surface area contributed by atoms with Gasteiger partial charge in [0.2, 0.25) is 11.6 Å². The summed E-state index contributed by atoms with van der Waals surface area (Å²) in [4.78, 5) is 36.5. The van der Waals surface area contributed by atoms with E-state index in [0.29, 0.717) is 0 Å². The Kier molecular flexibility index (Phi) is 9.77. The van der Waals surface area contributed by atoms with Crippen molar-refractivity contribution in [2.45, 2.75) is 9.79 Å². The predicted octanol–water partition coefficient (Wildman–Crippen LogP) is 15.1. The van der Waals surface area contributed by atoms with E-state index in [9.17, 15) is 9.59 Å². The molecular formula is C50H32N2O2S4. The van der Waals surface area contributed by atoms with Gasteiger partial charge in [0.05, 0.1) is 9.81 Å². The van der Waals surface area contributed by atoms with Gasteiger partial charge in [-0.3, -0.25) is 9.59 Å². The van der Waals surface area contributed by atoms with Crippen LogP contribution in [0.3, 0.4) is 0 Å². The second-order valence-corrected chi connectivity index (χ2v) is 18.0. The highest BCUT2D eigenvalue weighted by molar-refractivity contribution is 8.05. The van der Waals surface area contributed by atoms with E-state index in [1.54, 1.807) is 22.7 Å².